The van der Waals surface area contributed by atoms with Gasteiger partial charge < -0.3 is 24.6 Å². The maximum absolute atomic E-state index is 13.8. The third-order valence-electron chi connectivity index (χ3n) is 6.00. The molecule has 182 valence electrons. The van der Waals surface area contributed by atoms with Crippen molar-refractivity contribution in [1.29, 1.82) is 0 Å². The number of hydrogen-bond acceptors (Lipinski definition) is 8. The minimum atomic E-state index is -0.827. The van der Waals surface area contributed by atoms with Gasteiger partial charge in [-0.3, -0.25) is 9.59 Å². The lowest BCUT2D eigenvalue weighted by Gasteiger charge is -2.36. The molecule has 1 aromatic rings. The van der Waals surface area contributed by atoms with E-state index >= 15 is 0 Å². The fourth-order valence-electron chi connectivity index (χ4n) is 4.61. The molecule has 2 aliphatic rings. The van der Waals surface area contributed by atoms with Crippen molar-refractivity contribution < 1.29 is 23.9 Å². The molecule has 0 aliphatic carbocycles. The fraction of sp³-hybridized carbons (Fsp3) is 0.696. The average molecular weight is 462 g/mol. The second-order valence-electron chi connectivity index (χ2n) is 10.7. The van der Waals surface area contributed by atoms with Crippen LogP contribution in [0.3, 0.4) is 0 Å². The van der Waals surface area contributed by atoms with Crippen molar-refractivity contribution in [1.82, 2.24) is 20.2 Å². The summed E-state index contributed by atoms with van der Waals surface area (Å²) in [5.41, 5.74) is -1.26. The number of methoxy groups -OCH3 is 1. The van der Waals surface area contributed by atoms with E-state index in [1.165, 1.54) is 7.11 Å². The second-order valence-corrected chi connectivity index (χ2v) is 10.7. The van der Waals surface area contributed by atoms with Crippen molar-refractivity contribution in [2.24, 2.45) is 11.3 Å². The maximum Gasteiger partial charge on any atom is 0.408 e. The zero-order chi connectivity index (χ0) is 24.6. The van der Waals surface area contributed by atoms with Gasteiger partial charge in [0.05, 0.1) is 25.1 Å². The standard InChI is InChI=1S/C23H35N5O5/c1-22(2,3)17(26-21(31)33-23(4,5)6)18(29)27-12-9-15-16(27)14(19(30)32-7)13-28(15)20-24-10-8-11-25-20/h8,10-11,14-17H,9,12-13H2,1-7H3,(H,26,31)/t14-,15+,16+,17+/m0/s1. The summed E-state index contributed by atoms with van der Waals surface area (Å²) in [6, 6.07) is 0.378. The van der Waals surface area contributed by atoms with Crippen LogP contribution in [0.15, 0.2) is 18.5 Å². The van der Waals surface area contributed by atoms with Gasteiger partial charge in [0.15, 0.2) is 0 Å². The molecular weight excluding hydrogens is 426 g/mol. The van der Waals surface area contributed by atoms with Gasteiger partial charge in [-0.15, -0.1) is 0 Å². The molecule has 0 bridgehead atoms. The number of anilines is 1. The minimum absolute atomic E-state index is 0.123. The molecule has 1 aromatic heterocycles. The summed E-state index contributed by atoms with van der Waals surface area (Å²) >= 11 is 0. The minimum Gasteiger partial charge on any atom is -0.469 e. The van der Waals surface area contributed by atoms with Crippen LogP contribution in [0.4, 0.5) is 10.7 Å². The lowest BCUT2D eigenvalue weighted by atomic mass is 9.85. The van der Waals surface area contributed by atoms with Crippen LogP contribution in [0.2, 0.25) is 0 Å². The molecule has 4 atom stereocenters. The van der Waals surface area contributed by atoms with E-state index in [1.54, 1.807) is 44.1 Å². The third-order valence-corrected chi connectivity index (χ3v) is 6.00. The van der Waals surface area contributed by atoms with Crippen LogP contribution < -0.4 is 10.2 Å². The van der Waals surface area contributed by atoms with Gasteiger partial charge in [0.2, 0.25) is 11.9 Å². The Kier molecular flexibility index (Phi) is 6.85. The predicted molar refractivity (Wildman–Crippen MR) is 121 cm³/mol. The molecule has 1 N–H and O–H groups in total. The zero-order valence-corrected chi connectivity index (χ0v) is 20.5. The van der Waals surface area contributed by atoms with E-state index in [4.69, 9.17) is 9.47 Å². The van der Waals surface area contributed by atoms with E-state index in [2.05, 4.69) is 15.3 Å². The molecule has 2 aliphatic heterocycles. The van der Waals surface area contributed by atoms with Crippen LogP contribution in [-0.4, -0.2) is 76.8 Å². The normalized spacial score (nSPS) is 23.7. The fourth-order valence-corrected chi connectivity index (χ4v) is 4.61. The molecule has 0 spiro atoms. The third kappa shape index (κ3) is 5.36. The average Bonchev–Trinajstić information content (AvgIpc) is 3.30. The van der Waals surface area contributed by atoms with Crippen molar-refractivity contribution in [3.63, 3.8) is 0 Å². The molecule has 3 heterocycles. The zero-order valence-electron chi connectivity index (χ0n) is 20.5. The molecule has 2 amide bonds. The first-order chi connectivity index (χ1) is 15.3. The Labute approximate surface area is 195 Å². The first-order valence-corrected chi connectivity index (χ1v) is 11.2. The molecule has 0 saturated carbocycles. The van der Waals surface area contributed by atoms with E-state index < -0.39 is 35.1 Å². The highest BCUT2D eigenvalue weighted by molar-refractivity contribution is 5.88. The number of nitrogens with zero attached hydrogens (tertiary/aromatic N) is 4. The lowest BCUT2D eigenvalue weighted by molar-refractivity contribution is -0.148. The summed E-state index contributed by atoms with van der Waals surface area (Å²) in [5, 5.41) is 2.76. The molecule has 10 heteroatoms. The van der Waals surface area contributed by atoms with Crippen LogP contribution in [-0.2, 0) is 19.1 Å². The first-order valence-electron chi connectivity index (χ1n) is 11.2. The number of ether oxygens (including phenoxy) is 2. The quantitative estimate of drug-likeness (QED) is 0.677. The number of amides is 2. The molecule has 0 aromatic carbocycles. The molecule has 0 unspecified atom stereocenters. The van der Waals surface area contributed by atoms with Crippen LogP contribution in [0, 0.1) is 11.3 Å². The highest BCUT2D eigenvalue weighted by atomic mass is 16.6. The van der Waals surface area contributed by atoms with Gasteiger partial charge in [0, 0.05) is 25.5 Å². The van der Waals surface area contributed by atoms with Gasteiger partial charge in [0.1, 0.15) is 11.6 Å². The molecule has 2 saturated heterocycles. The van der Waals surface area contributed by atoms with E-state index in [1.807, 2.05) is 25.7 Å². The highest BCUT2D eigenvalue weighted by Gasteiger charge is 2.55. The van der Waals surface area contributed by atoms with Gasteiger partial charge in [-0.1, -0.05) is 20.8 Å². The van der Waals surface area contributed by atoms with Crippen LogP contribution in [0.1, 0.15) is 48.0 Å². The summed E-state index contributed by atoms with van der Waals surface area (Å²) in [7, 11) is 1.35. The van der Waals surface area contributed by atoms with Crippen molar-refractivity contribution in [3.8, 4) is 0 Å². The Balaban J connectivity index is 1.88. The number of nitrogens with one attached hydrogen (secondary N) is 1. The van der Waals surface area contributed by atoms with Crippen LogP contribution >= 0.6 is 0 Å². The summed E-state index contributed by atoms with van der Waals surface area (Å²) < 4.78 is 10.5. The lowest BCUT2D eigenvalue weighted by Crippen LogP contribution is -2.58. The topological polar surface area (TPSA) is 114 Å². The molecule has 0 radical (unpaired) electrons. The predicted octanol–water partition coefficient (Wildman–Crippen LogP) is 1.99. The van der Waals surface area contributed by atoms with Gasteiger partial charge >= 0.3 is 12.1 Å². The van der Waals surface area contributed by atoms with Gasteiger partial charge in [-0.05, 0) is 38.7 Å². The Bertz CT molecular complexity index is 879. The van der Waals surface area contributed by atoms with Gasteiger partial charge in [-0.25, -0.2) is 14.8 Å². The monoisotopic (exact) mass is 461 g/mol. The number of alkyl carbamates (subject to hydrolysis) is 1. The van der Waals surface area contributed by atoms with Crippen LogP contribution in [0.5, 0.6) is 0 Å². The number of esters is 1. The number of aromatic nitrogens is 2. The van der Waals surface area contributed by atoms with Crippen LogP contribution in [0.25, 0.3) is 0 Å². The van der Waals surface area contributed by atoms with E-state index in [9.17, 15) is 14.4 Å². The molecule has 2 fully saturated rings. The first kappa shape index (κ1) is 24.7. The molecule has 10 nitrogen and oxygen atoms in total. The number of rotatable bonds is 4. The number of carbonyl (C=O) groups excluding carboxylic acids is 3. The van der Waals surface area contributed by atoms with Gasteiger partial charge in [-0.2, -0.15) is 0 Å². The number of hydrogen-bond donors (Lipinski definition) is 1. The van der Waals surface area contributed by atoms with E-state index in [0.717, 1.165) is 0 Å². The van der Waals surface area contributed by atoms with Crippen molar-refractivity contribution in [2.45, 2.75) is 71.7 Å². The maximum atomic E-state index is 13.8. The second kappa shape index (κ2) is 9.15. The van der Waals surface area contributed by atoms with Crippen molar-refractivity contribution >= 4 is 23.9 Å². The molecule has 33 heavy (non-hydrogen) atoms. The number of likely N-dealkylation sites (tertiary alicyclic amines) is 1. The summed E-state index contributed by atoms with van der Waals surface area (Å²) in [6.45, 7) is 11.8. The van der Waals surface area contributed by atoms with Crippen molar-refractivity contribution in [3.05, 3.63) is 18.5 Å². The number of carbonyl (C=O) groups is 3. The molecular formula is C23H35N5O5. The summed E-state index contributed by atoms with van der Waals surface area (Å²) in [6.07, 6.45) is 3.31. The Hall–Kier alpha value is -2.91. The van der Waals surface area contributed by atoms with E-state index in [0.29, 0.717) is 25.5 Å². The van der Waals surface area contributed by atoms with Gasteiger partial charge in [0.25, 0.3) is 0 Å². The van der Waals surface area contributed by atoms with Crippen molar-refractivity contribution in [2.75, 3.05) is 25.1 Å². The number of fused-ring (bicyclic) bond motifs is 1. The largest absolute Gasteiger partial charge is 0.469 e. The Morgan fingerprint density at radius 3 is 2.30 bits per heavy atom. The highest BCUT2D eigenvalue weighted by Crippen LogP contribution is 2.39. The summed E-state index contributed by atoms with van der Waals surface area (Å²) in [5.74, 6) is -0.647. The van der Waals surface area contributed by atoms with E-state index in [-0.39, 0.29) is 17.9 Å². The SMILES string of the molecule is COC(=O)[C@H]1CN(c2ncccn2)[C@@H]2CCN(C(=O)[C@@H](NC(=O)OC(C)(C)C)C(C)(C)C)[C@H]12. The summed E-state index contributed by atoms with van der Waals surface area (Å²) in [4.78, 5) is 51.4. The smallest absolute Gasteiger partial charge is 0.408 e. The Morgan fingerprint density at radius 2 is 1.76 bits per heavy atom. The Morgan fingerprint density at radius 1 is 1.12 bits per heavy atom. The molecule has 3 rings (SSSR count).